The Bertz CT molecular complexity index is 550. The summed E-state index contributed by atoms with van der Waals surface area (Å²) in [6, 6.07) is 22.8. The molecular weight excluding hydrogens is 339 g/mol. The quantitative estimate of drug-likeness (QED) is 0.683. The minimum absolute atomic E-state index is 0.803. The fourth-order valence-corrected chi connectivity index (χ4v) is 11.5. The number of benzene rings is 2. The monoisotopic (exact) mass is 368 g/mol. The van der Waals surface area contributed by atoms with Gasteiger partial charge in [0.2, 0.25) is 0 Å². The van der Waals surface area contributed by atoms with Crippen LogP contribution in [0.3, 0.4) is 0 Å². The van der Waals surface area contributed by atoms with Crippen LogP contribution in [0.1, 0.15) is 40.0 Å². The minimum atomic E-state index is -1.27. The fraction of sp³-hybridized carbons (Fsp3) is 0.455. The van der Waals surface area contributed by atoms with E-state index in [0.29, 0.717) is 0 Å². The molecule has 1 aliphatic rings. The van der Waals surface area contributed by atoms with E-state index >= 15 is 0 Å². The number of hydrogen-bond acceptors (Lipinski definition) is 0. The van der Waals surface area contributed by atoms with Crippen molar-refractivity contribution in [2.24, 2.45) is 17.8 Å². The topological polar surface area (TPSA) is 0 Å². The molecule has 1 aliphatic carbocycles. The van der Waals surface area contributed by atoms with Crippen LogP contribution in [0, 0.1) is 17.8 Å². The zero-order valence-electron chi connectivity index (χ0n) is 14.7. The van der Waals surface area contributed by atoms with Crippen LogP contribution in [0.2, 0.25) is 4.71 Å². The van der Waals surface area contributed by atoms with Crippen molar-refractivity contribution in [3.8, 4) is 0 Å². The van der Waals surface area contributed by atoms with Crippen LogP contribution in [0.5, 0.6) is 0 Å². The second-order valence-corrected chi connectivity index (χ2v) is 12.5. The van der Waals surface area contributed by atoms with Gasteiger partial charge in [0.1, 0.15) is 0 Å². The average Bonchev–Trinajstić information content (AvgIpc) is 2.57. The van der Waals surface area contributed by atoms with Crippen molar-refractivity contribution in [3.63, 3.8) is 0 Å². The Morgan fingerprint density at radius 3 is 1.83 bits per heavy atom. The maximum atomic E-state index is 2.46. The molecule has 3 rings (SSSR count). The van der Waals surface area contributed by atoms with Crippen LogP contribution in [0.15, 0.2) is 60.7 Å². The van der Waals surface area contributed by atoms with Crippen molar-refractivity contribution in [1.29, 1.82) is 0 Å². The maximum absolute atomic E-state index is 2.46. The molecule has 1 fully saturated rings. The number of hydrogen-bond donors (Lipinski definition) is 0. The molecule has 2 aromatic carbocycles. The zero-order valence-corrected chi connectivity index (χ0v) is 16.5. The van der Waals surface area contributed by atoms with Crippen molar-refractivity contribution in [1.82, 2.24) is 0 Å². The second kappa shape index (κ2) is 7.71. The Kier molecular flexibility index (Phi) is 5.65. The molecule has 0 N–H and O–H groups in total. The van der Waals surface area contributed by atoms with Crippen LogP contribution in [-0.4, -0.2) is 14.7 Å². The zero-order chi connectivity index (χ0) is 16.2. The van der Waals surface area contributed by atoms with Gasteiger partial charge in [-0.3, -0.25) is 0 Å². The van der Waals surface area contributed by atoms with Gasteiger partial charge in [-0.15, -0.1) is 0 Å². The first-order chi connectivity index (χ1) is 11.2. The van der Waals surface area contributed by atoms with E-state index in [2.05, 4.69) is 81.4 Å². The fourth-order valence-electron chi connectivity index (χ4n) is 4.16. The molecule has 1 saturated carbocycles. The summed E-state index contributed by atoms with van der Waals surface area (Å²) in [5.74, 6) is 2.59. The molecule has 3 atom stereocenters. The Balaban J connectivity index is 2.03. The Labute approximate surface area is 146 Å². The Morgan fingerprint density at radius 1 is 0.826 bits per heavy atom. The van der Waals surface area contributed by atoms with Crippen molar-refractivity contribution in [3.05, 3.63) is 60.7 Å². The van der Waals surface area contributed by atoms with E-state index in [1.54, 1.807) is 8.70 Å². The van der Waals surface area contributed by atoms with Crippen LogP contribution >= 0.6 is 0 Å². The van der Waals surface area contributed by atoms with Gasteiger partial charge in [-0.1, -0.05) is 0 Å². The third-order valence-corrected chi connectivity index (χ3v) is 11.6. The molecule has 0 aromatic heterocycles. The molecule has 0 amide bonds. The molecule has 0 bridgehead atoms. The molecule has 0 radical (unpaired) electrons. The molecule has 0 heterocycles. The Morgan fingerprint density at radius 2 is 1.35 bits per heavy atom. The van der Waals surface area contributed by atoms with Gasteiger partial charge in [0.15, 0.2) is 0 Å². The van der Waals surface area contributed by atoms with Gasteiger partial charge in [0, 0.05) is 0 Å². The molecule has 0 saturated heterocycles. The van der Waals surface area contributed by atoms with Gasteiger partial charge >= 0.3 is 147 Å². The molecule has 0 spiro atoms. The molecule has 23 heavy (non-hydrogen) atoms. The summed E-state index contributed by atoms with van der Waals surface area (Å²) in [7, 11) is 0. The first-order valence-corrected chi connectivity index (χ1v) is 12.0. The van der Waals surface area contributed by atoms with E-state index in [0.717, 1.165) is 22.5 Å². The van der Waals surface area contributed by atoms with E-state index in [1.807, 2.05) is 0 Å². The predicted octanol–water partition coefficient (Wildman–Crippen LogP) is 4.76. The standard InChI is InChI=1S/C22H29As/c1-17(2)21-15-14-18(3)16-22(21)23(19-10-6-4-7-11-19)20-12-8-5-9-13-20/h4-13,17-18,21-22H,14-16H2,1-3H3/t18-,21-,22+/m1/s1. The SMILES string of the molecule is CC(C)[C@H]1CC[C@@H](C)C[C@@H]1[As](c1ccccc1)c1ccccc1. The molecule has 0 aliphatic heterocycles. The molecule has 122 valence electrons. The third kappa shape index (κ3) is 3.92. The summed E-state index contributed by atoms with van der Waals surface area (Å²) in [6.07, 6.45) is 4.27. The summed E-state index contributed by atoms with van der Waals surface area (Å²) in [4.78, 5) is 0. The second-order valence-electron chi connectivity index (χ2n) is 7.43. The molecule has 0 nitrogen and oxygen atoms in total. The van der Waals surface area contributed by atoms with Gasteiger partial charge < -0.3 is 0 Å². The van der Waals surface area contributed by atoms with Crippen LogP contribution in [0.4, 0.5) is 0 Å². The van der Waals surface area contributed by atoms with Gasteiger partial charge in [-0.25, -0.2) is 0 Å². The molecular formula is C22H29As. The molecule has 2 aromatic rings. The van der Waals surface area contributed by atoms with Crippen LogP contribution < -0.4 is 8.70 Å². The van der Waals surface area contributed by atoms with Gasteiger partial charge in [0.25, 0.3) is 0 Å². The van der Waals surface area contributed by atoms with Crippen molar-refractivity contribution < 1.29 is 0 Å². The van der Waals surface area contributed by atoms with Gasteiger partial charge in [-0.05, 0) is 0 Å². The van der Waals surface area contributed by atoms with E-state index < -0.39 is 14.7 Å². The normalized spacial score (nSPS) is 25.0. The van der Waals surface area contributed by atoms with Crippen LogP contribution in [0.25, 0.3) is 0 Å². The van der Waals surface area contributed by atoms with E-state index in [1.165, 1.54) is 19.3 Å². The van der Waals surface area contributed by atoms with E-state index in [-0.39, 0.29) is 0 Å². The predicted molar refractivity (Wildman–Crippen MR) is 103 cm³/mol. The van der Waals surface area contributed by atoms with Gasteiger partial charge in [-0.2, -0.15) is 0 Å². The van der Waals surface area contributed by atoms with E-state index in [9.17, 15) is 0 Å². The number of rotatable bonds is 4. The van der Waals surface area contributed by atoms with Crippen molar-refractivity contribution in [2.75, 3.05) is 0 Å². The van der Waals surface area contributed by atoms with E-state index in [4.69, 9.17) is 0 Å². The summed E-state index contributed by atoms with van der Waals surface area (Å²) in [6.45, 7) is 7.35. The molecule has 0 unspecified atom stereocenters. The van der Waals surface area contributed by atoms with Crippen LogP contribution in [-0.2, 0) is 0 Å². The first kappa shape index (κ1) is 16.8. The van der Waals surface area contributed by atoms with Gasteiger partial charge in [0.05, 0.1) is 0 Å². The summed E-state index contributed by atoms with van der Waals surface area (Å²) in [5, 5.41) is 0. The Hall–Kier alpha value is -1.00. The molecule has 1 heteroatoms. The average molecular weight is 368 g/mol. The summed E-state index contributed by atoms with van der Waals surface area (Å²) in [5.41, 5.74) is 0. The summed E-state index contributed by atoms with van der Waals surface area (Å²) >= 11 is -1.27. The van der Waals surface area contributed by atoms with Crippen molar-refractivity contribution in [2.45, 2.75) is 44.7 Å². The van der Waals surface area contributed by atoms with Crippen molar-refractivity contribution >= 4 is 23.4 Å². The third-order valence-electron chi connectivity index (χ3n) is 5.39. The first-order valence-electron chi connectivity index (χ1n) is 9.06. The summed E-state index contributed by atoms with van der Waals surface area (Å²) < 4.78 is 4.17.